The molecule has 0 saturated heterocycles. The summed E-state index contributed by atoms with van der Waals surface area (Å²) in [6.07, 6.45) is 2.63. The van der Waals surface area contributed by atoms with Crippen molar-refractivity contribution >= 4 is 11.4 Å². The summed E-state index contributed by atoms with van der Waals surface area (Å²) in [4.78, 5) is 11.0. The van der Waals surface area contributed by atoms with Crippen LogP contribution < -0.4 is 4.74 Å². The number of hydrogen-bond donors (Lipinski definition) is 0. The van der Waals surface area contributed by atoms with E-state index in [0.29, 0.717) is 24.2 Å². The van der Waals surface area contributed by atoms with Crippen LogP contribution >= 0.6 is 0 Å². The van der Waals surface area contributed by atoms with E-state index in [4.69, 9.17) is 4.74 Å². The van der Waals surface area contributed by atoms with Gasteiger partial charge < -0.3 is 4.74 Å². The SMILES string of the molecule is COc1ccc(C2=CC(=O)CC2)c(F)c1. The molecule has 2 rings (SSSR count). The monoisotopic (exact) mass is 206 g/mol. The van der Waals surface area contributed by atoms with Gasteiger partial charge in [-0.05, 0) is 30.2 Å². The van der Waals surface area contributed by atoms with Crippen molar-refractivity contribution in [1.82, 2.24) is 0 Å². The lowest BCUT2D eigenvalue weighted by atomic mass is 10.0. The van der Waals surface area contributed by atoms with E-state index in [1.54, 1.807) is 12.1 Å². The van der Waals surface area contributed by atoms with Crippen LogP contribution in [0.15, 0.2) is 24.3 Å². The molecule has 1 aliphatic rings. The number of halogens is 1. The van der Waals surface area contributed by atoms with Crippen molar-refractivity contribution in [1.29, 1.82) is 0 Å². The predicted octanol–water partition coefficient (Wildman–Crippen LogP) is 2.58. The molecule has 78 valence electrons. The number of ether oxygens (including phenoxy) is 1. The predicted molar refractivity (Wildman–Crippen MR) is 55.2 cm³/mol. The highest BCUT2D eigenvalue weighted by atomic mass is 19.1. The van der Waals surface area contributed by atoms with Crippen molar-refractivity contribution in [2.45, 2.75) is 12.8 Å². The van der Waals surface area contributed by atoms with Gasteiger partial charge in [0.05, 0.1) is 7.11 Å². The van der Waals surface area contributed by atoms with Crippen LogP contribution in [-0.4, -0.2) is 12.9 Å². The van der Waals surface area contributed by atoms with Crippen LogP contribution in [0.1, 0.15) is 18.4 Å². The van der Waals surface area contributed by atoms with Gasteiger partial charge in [-0.25, -0.2) is 4.39 Å². The smallest absolute Gasteiger partial charge is 0.156 e. The Bertz CT molecular complexity index is 435. The first-order chi connectivity index (χ1) is 7.20. The molecule has 0 aliphatic heterocycles. The molecule has 3 heteroatoms. The van der Waals surface area contributed by atoms with Crippen LogP contribution in [0.4, 0.5) is 4.39 Å². The Kier molecular flexibility index (Phi) is 2.54. The van der Waals surface area contributed by atoms with Crippen LogP contribution in [-0.2, 0) is 4.79 Å². The molecule has 0 fully saturated rings. The van der Waals surface area contributed by atoms with Gasteiger partial charge in [-0.2, -0.15) is 0 Å². The maximum absolute atomic E-state index is 13.6. The van der Waals surface area contributed by atoms with Crippen molar-refractivity contribution in [3.8, 4) is 5.75 Å². The number of benzene rings is 1. The molecule has 0 radical (unpaired) electrons. The summed E-state index contributed by atoms with van der Waals surface area (Å²) in [5, 5.41) is 0. The largest absolute Gasteiger partial charge is 0.497 e. The molecule has 1 aromatic carbocycles. The van der Waals surface area contributed by atoms with E-state index in [1.165, 1.54) is 19.3 Å². The summed E-state index contributed by atoms with van der Waals surface area (Å²) in [6, 6.07) is 4.68. The summed E-state index contributed by atoms with van der Waals surface area (Å²) >= 11 is 0. The second-order valence-electron chi connectivity index (χ2n) is 3.48. The third kappa shape index (κ3) is 1.91. The van der Waals surface area contributed by atoms with E-state index in [9.17, 15) is 9.18 Å². The van der Waals surface area contributed by atoms with Crippen LogP contribution in [0.5, 0.6) is 5.75 Å². The van der Waals surface area contributed by atoms with Gasteiger partial charge in [0.1, 0.15) is 11.6 Å². The van der Waals surface area contributed by atoms with Crippen LogP contribution in [0.2, 0.25) is 0 Å². The summed E-state index contributed by atoms with van der Waals surface area (Å²) in [6.45, 7) is 0. The third-order valence-corrected chi connectivity index (χ3v) is 2.50. The van der Waals surface area contributed by atoms with Gasteiger partial charge >= 0.3 is 0 Å². The molecule has 15 heavy (non-hydrogen) atoms. The van der Waals surface area contributed by atoms with Gasteiger partial charge in [0.2, 0.25) is 0 Å². The van der Waals surface area contributed by atoms with Crippen molar-refractivity contribution in [3.05, 3.63) is 35.7 Å². The molecular formula is C12H11FO2. The van der Waals surface area contributed by atoms with E-state index in [-0.39, 0.29) is 11.6 Å². The molecule has 0 N–H and O–H groups in total. The van der Waals surface area contributed by atoms with Crippen molar-refractivity contribution in [3.63, 3.8) is 0 Å². The first-order valence-corrected chi connectivity index (χ1v) is 4.78. The first-order valence-electron chi connectivity index (χ1n) is 4.78. The van der Waals surface area contributed by atoms with Crippen LogP contribution in [0, 0.1) is 5.82 Å². The molecule has 0 aromatic heterocycles. The maximum Gasteiger partial charge on any atom is 0.156 e. The average Bonchev–Trinajstić information content (AvgIpc) is 2.64. The minimum absolute atomic E-state index is 0.0696. The van der Waals surface area contributed by atoms with Gasteiger partial charge in [0.15, 0.2) is 5.78 Å². The highest BCUT2D eigenvalue weighted by Gasteiger charge is 2.16. The number of carbonyl (C=O) groups excluding carboxylic acids is 1. The quantitative estimate of drug-likeness (QED) is 0.743. The lowest BCUT2D eigenvalue weighted by molar-refractivity contribution is -0.114. The first kappa shape index (κ1) is 9.90. The van der Waals surface area contributed by atoms with Gasteiger partial charge in [-0.15, -0.1) is 0 Å². The number of allylic oxidation sites excluding steroid dienone is 2. The van der Waals surface area contributed by atoms with Crippen molar-refractivity contribution < 1.29 is 13.9 Å². The molecule has 0 bridgehead atoms. The zero-order chi connectivity index (χ0) is 10.8. The lowest BCUT2D eigenvalue weighted by Crippen LogP contribution is -1.90. The fraction of sp³-hybridized carbons (Fsp3) is 0.250. The Morgan fingerprint density at radius 2 is 2.13 bits per heavy atom. The number of hydrogen-bond acceptors (Lipinski definition) is 2. The topological polar surface area (TPSA) is 26.3 Å². The van der Waals surface area contributed by atoms with Crippen LogP contribution in [0.25, 0.3) is 5.57 Å². The highest BCUT2D eigenvalue weighted by molar-refractivity contribution is 6.01. The molecule has 2 nitrogen and oxygen atoms in total. The zero-order valence-electron chi connectivity index (χ0n) is 8.42. The Balaban J connectivity index is 2.37. The van der Waals surface area contributed by atoms with Crippen molar-refractivity contribution in [2.75, 3.05) is 7.11 Å². The highest BCUT2D eigenvalue weighted by Crippen LogP contribution is 2.29. The van der Waals surface area contributed by atoms with Gasteiger partial charge in [-0.3, -0.25) is 4.79 Å². The number of carbonyl (C=O) groups is 1. The lowest BCUT2D eigenvalue weighted by Gasteiger charge is -2.05. The molecule has 0 amide bonds. The van der Waals surface area contributed by atoms with E-state index < -0.39 is 0 Å². The van der Waals surface area contributed by atoms with Crippen LogP contribution in [0.3, 0.4) is 0 Å². The summed E-state index contributed by atoms with van der Waals surface area (Å²) in [5.41, 5.74) is 1.28. The zero-order valence-corrected chi connectivity index (χ0v) is 8.42. The summed E-state index contributed by atoms with van der Waals surface area (Å²) < 4.78 is 18.5. The van der Waals surface area contributed by atoms with E-state index in [2.05, 4.69) is 0 Å². The van der Waals surface area contributed by atoms with Gasteiger partial charge in [-0.1, -0.05) is 0 Å². The maximum atomic E-state index is 13.6. The second-order valence-corrected chi connectivity index (χ2v) is 3.48. The molecule has 0 saturated carbocycles. The average molecular weight is 206 g/mol. The summed E-state index contributed by atoms with van der Waals surface area (Å²) in [7, 11) is 1.49. The Morgan fingerprint density at radius 3 is 2.67 bits per heavy atom. The number of rotatable bonds is 2. The van der Waals surface area contributed by atoms with E-state index in [1.807, 2.05) is 0 Å². The molecule has 0 unspecified atom stereocenters. The minimum atomic E-state index is -0.338. The molecule has 1 aliphatic carbocycles. The number of methoxy groups -OCH3 is 1. The normalized spacial score (nSPS) is 15.3. The van der Waals surface area contributed by atoms with Crippen molar-refractivity contribution in [2.24, 2.45) is 0 Å². The fourth-order valence-electron chi connectivity index (χ4n) is 1.69. The Hall–Kier alpha value is -1.64. The standard InChI is InChI=1S/C12H11FO2/c1-15-10-4-5-11(12(13)7-10)8-2-3-9(14)6-8/h4-7H,2-3H2,1H3. The molecular weight excluding hydrogens is 195 g/mol. The Morgan fingerprint density at radius 1 is 1.33 bits per heavy atom. The van der Waals surface area contributed by atoms with E-state index >= 15 is 0 Å². The van der Waals surface area contributed by atoms with Gasteiger partial charge in [0, 0.05) is 18.1 Å². The molecule has 0 spiro atoms. The molecule has 0 heterocycles. The van der Waals surface area contributed by atoms with Gasteiger partial charge in [0.25, 0.3) is 0 Å². The second kappa shape index (κ2) is 3.85. The van der Waals surface area contributed by atoms with E-state index in [0.717, 1.165) is 5.57 Å². The fourth-order valence-corrected chi connectivity index (χ4v) is 1.69. The molecule has 1 aromatic rings. The molecule has 0 atom stereocenters. The Labute approximate surface area is 87.4 Å². The minimum Gasteiger partial charge on any atom is -0.497 e. The third-order valence-electron chi connectivity index (χ3n) is 2.50. The summed E-state index contributed by atoms with van der Waals surface area (Å²) in [5.74, 6) is 0.219. The number of ketones is 1.